The van der Waals surface area contributed by atoms with Gasteiger partial charge >= 0.3 is 5.97 Å². The first-order valence-corrected chi connectivity index (χ1v) is 7.54. The number of aliphatic hydroxyl groups is 1. The molecule has 1 heterocycles. The minimum atomic E-state index is -1.03. The standard InChI is InChI=1S/C16H24O4/c1-9-6-5-7-11-8-16(19-4)12(10(2)14(18)20-16)13(17)15(9,11)3/h9,11,13,17H,5-8H2,1-4H3. The fourth-order valence-corrected chi connectivity index (χ4v) is 4.62. The van der Waals surface area contributed by atoms with Crippen LogP contribution < -0.4 is 0 Å². The second kappa shape index (κ2) is 4.31. The van der Waals surface area contributed by atoms with Crippen LogP contribution in [0.4, 0.5) is 0 Å². The molecule has 0 aromatic rings. The molecule has 5 atom stereocenters. The van der Waals surface area contributed by atoms with Gasteiger partial charge in [-0.3, -0.25) is 0 Å². The maximum atomic E-state index is 12.0. The Balaban J connectivity index is 2.12. The number of ether oxygens (including phenoxy) is 2. The zero-order chi connectivity index (χ0) is 14.7. The summed E-state index contributed by atoms with van der Waals surface area (Å²) in [4.78, 5) is 12.0. The van der Waals surface area contributed by atoms with Crippen molar-refractivity contribution in [3.8, 4) is 0 Å². The molecule has 20 heavy (non-hydrogen) atoms. The predicted octanol–water partition coefficient (Wildman–Crippen LogP) is 2.41. The summed E-state index contributed by atoms with van der Waals surface area (Å²) in [6.45, 7) is 6.11. The Hall–Kier alpha value is -0.870. The van der Waals surface area contributed by atoms with Gasteiger partial charge in [0.05, 0.1) is 6.10 Å². The van der Waals surface area contributed by atoms with Crippen LogP contribution in [0.3, 0.4) is 0 Å². The molecule has 0 aromatic heterocycles. The summed E-state index contributed by atoms with van der Waals surface area (Å²) >= 11 is 0. The van der Waals surface area contributed by atoms with Crippen molar-refractivity contribution in [1.29, 1.82) is 0 Å². The van der Waals surface area contributed by atoms with E-state index in [1.807, 2.05) is 0 Å². The van der Waals surface area contributed by atoms with E-state index in [0.29, 0.717) is 29.4 Å². The van der Waals surface area contributed by atoms with E-state index in [0.717, 1.165) is 12.8 Å². The molecule has 2 saturated carbocycles. The van der Waals surface area contributed by atoms with Gasteiger partial charge in [0.1, 0.15) is 0 Å². The Morgan fingerprint density at radius 1 is 1.40 bits per heavy atom. The second-order valence-electron chi connectivity index (χ2n) is 6.89. The highest BCUT2D eigenvalue weighted by molar-refractivity contribution is 5.92. The number of methoxy groups -OCH3 is 1. The molecule has 0 aromatic carbocycles. The molecule has 0 spiro atoms. The number of carbonyl (C=O) groups is 1. The summed E-state index contributed by atoms with van der Waals surface area (Å²) in [5.74, 6) is -0.622. The van der Waals surface area contributed by atoms with Crippen molar-refractivity contribution in [2.24, 2.45) is 17.3 Å². The van der Waals surface area contributed by atoms with Crippen molar-refractivity contribution >= 4 is 5.97 Å². The lowest BCUT2D eigenvalue weighted by Gasteiger charge is -2.56. The average molecular weight is 280 g/mol. The minimum Gasteiger partial charge on any atom is -0.425 e. The Kier molecular flexibility index (Phi) is 3.04. The van der Waals surface area contributed by atoms with E-state index in [1.165, 1.54) is 6.42 Å². The molecule has 3 rings (SSSR count). The van der Waals surface area contributed by atoms with Crippen molar-refractivity contribution in [2.75, 3.05) is 7.11 Å². The summed E-state index contributed by atoms with van der Waals surface area (Å²) < 4.78 is 11.1. The molecular formula is C16H24O4. The normalized spacial score (nSPS) is 47.9. The highest BCUT2D eigenvalue weighted by atomic mass is 16.7. The van der Waals surface area contributed by atoms with Crippen molar-refractivity contribution in [1.82, 2.24) is 0 Å². The molecule has 1 aliphatic heterocycles. The predicted molar refractivity (Wildman–Crippen MR) is 73.8 cm³/mol. The third kappa shape index (κ3) is 1.52. The first-order valence-electron chi connectivity index (χ1n) is 7.54. The van der Waals surface area contributed by atoms with Crippen LogP contribution in [0.15, 0.2) is 11.1 Å². The van der Waals surface area contributed by atoms with Crippen LogP contribution >= 0.6 is 0 Å². The third-order valence-corrected chi connectivity index (χ3v) is 6.22. The van der Waals surface area contributed by atoms with Gasteiger partial charge in [-0.15, -0.1) is 0 Å². The number of hydrogen-bond acceptors (Lipinski definition) is 4. The number of rotatable bonds is 1. The molecule has 2 aliphatic carbocycles. The second-order valence-corrected chi connectivity index (χ2v) is 6.89. The topological polar surface area (TPSA) is 55.8 Å². The molecule has 112 valence electrons. The molecule has 5 unspecified atom stereocenters. The molecule has 0 saturated heterocycles. The number of hydrogen-bond donors (Lipinski definition) is 1. The Morgan fingerprint density at radius 2 is 2.10 bits per heavy atom. The van der Waals surface area contributed by atoms with E-state index in [9.17, 15) is 9.90 Å². The van der Waals surface area contributed by atoms with Crippen LogP contribution in [-0.2, 0) is 14.3 Å². The van der Waals surface area contributed by atoms with Crippen molar-refractivity contribution in [2.45, 2.75) is 58.3 Å². The third-order valence-electron chi connectivity index (χ3n) is 6.22. The molecule has 0 bridgehead atoms. The Labute approximate surface area is 120 Å². The van der Waals surface area contributed by atoms with Gasteiger partial charge in [0.25, 0.3) is 0 Å². The van der Waals surface area contributed by atoms with E-state index in [-0.39, 0.29) is 11.4 Å². The van der Waals surface area contributed by atoms with E-state index < -0.39 is 11.9 Å². The summed E-state index contributed by atoms with van der Waals surface area (Å²) in [5, 5.41) is 11.0. The van der Waals surface area contributed by atoms with Gasteiger partial charge in [-0.05, 0) is 25.2 Å². The number of fused-ring (bicyclic) bond motifs is 2. The summed E-state index contributed by atoms with van der Waals surface area (Å²) in [7, 11) is 1.56. The smallest absolute Gasteiger partial charge is 0.336 e. The van der Waals surface area contributed by atoms with Gasteiger partial charge in [-0.2, -0.15) is 0 Å². The van der Waals surface area contributed by atoms with Crippen molar-refractivity contribution in [3.05, 3.63) is 11.1 Å². The highest BCUT2D eigenvalue weighted by Gasteiger charge is 2.63. The zero-order valence-corrected chi connectivity index (χ0v) is 12.7. The summed E-state index contributed by atoms with van der Waals surface area (Å²) in [5.41, 5.74) is 1.000. The van der Waals surface area contributed by atoms with Crippen molar-refractivity contribution in [3.63, 3.8) is 0 Å². The van der Waals surface area contributed by atoms with Gasteiger partial charge < -0.3 is 14.6 Å². The maximum Gasteiger partial charge on any atom is 0.336 e. The van der Waals surface area contributed by atoms with E-state index in [2.05, 4.69) is 13.8 Å². The fraction of sp³-hybridized carbons (Fsp3) is 0.812. The monoisotopic (exact) mass is 280 g/mol. The number of carbonyl (C=O) groups excluding carboxylic acids is 1. The molecule has 2 fully saturated rings. The van der Waals surface area contributed by atoms with Gasteiger partial charge in [-0.25, -0.2) is 4.79 Å². The lowest BCUT2D eigenvalue weighted by atomic mass is 9.52. The fourth-order valence-electron chi connectivity index (χ4n) is 4.62. The Bertz CT molecular complexity index is 483. The molecule has 3 aliphatic rings. The first kappa shape index (κ1) is 14.1. The lowest BCUT2D eigenvalue weighted by Crippen LogP contribution is -2.58. The van der Waals surface area contributed by atoms with Crippen LogP contribution in [0.2, 0.25) is 0 Å². The Morgan fingerprint density at radius 3 is 2.75 bits per heavy atom. The van der Waals surface area contributed by atoms with Crippen LogP contribution in [0.5, 0.6) is 0 Å². The van der Waals surface area contributed by atoms with Gasteiger partial charge in [0.2, 0.25) is 5.79 Å². The molecular weight excluding hydrogens is 256 g/mol. The SMILES string of the molecule is COC12CC3CCCC(C)C3(C)C(O)C1=C(C)C(=O)O2. The number of esters is 1. The van der Waals surface area contributed by atoms with E-state index >= 15 is 0 Å². The van der Waals surface area contributed by atoms with E-state index in [4.69, 9.17) is 9.47 Å². The molecule has 0 amide bonds. The first-order chi connectivity index (χ1) is 9.36. The van der Waals surface area contributed by atoms with Gasteiger partial charge in [0, 0.05) is 30.1 Å². The quantitative estimate of drug-likeness (QED) is 0.749. The average Bonchev–Trinajstić information content (AvgIpc) is 2.66. The van der Waals surface area contributed by atoms with Crippen LogP contribution in [0.25, 0.3) is 0 Å². The molecule has 4 nitrogen and oxygen atoms in total. The maximum absolute atomic E-state index is 12.0. The van der Waals surface area contributed by atoms with Gasteiger partial charge in [-0.1, -0.05) is 26.7 Å². The minimum absolute atomic E-state index is 0.190. The van der Waals surface area contributed by atoms with Crippen LogP contribution in [0, 0.1) is 17.3 Å². The largest absolute Gasteiger partial charge is 0.425 e. The van der Waals surface area contributed by atoms with Crippen LogP contribution in [-0.4, -0.2) is 30.1 Å². The summed E-state index contributed by atoms with van der Waals surface area (Å²) in [6.07, 6.45) is 3.36. The highest BCUT2D eigenvalue weighted by Crippen LogP contribution is 2.60. The summed E-state index contributed by atoms with van der Waals surface area (Å²) in [6, 6.07) is 0. The molecule has 1 N–H and O–H groups in total. The van der Waals surface area contributed by atoms with Crippen molar-refractivity contribution < 1.29 is 19.4 Å². The zero-order valence-electron chi connectivity index (χ0n) is 12.7. The molecule has 4 heteroatoms. The van der Waals surface area contributed by atoms with Gasteiger partial charge in [0.15, 0.2) is 0 Å². The lowest BCUT2D eigenvalue weighted by molar-refractivity contribution is -0.233. The van der Waals surface area contributed by atoms with Crippen LogP contribution in [0.1, 0.15) is 46.5 Å². The van der Waals surface area contributed by atoms with E-state index in [1.54, 1.807) is 14.0 Å². The molecule has 0 radical (unpaired) electrons. The number of aliphatic hydroxyl groups excluding tert-OH is 1.